The van der Waals surface area contributed by atoms with Crippen molar-refractivity contribution in [3.8, 4) is 0 Å². The van der Waals surface area contributed by atoms with Crippen molar-refractivity contribution in [1.29, 1.82) is 0 Å². The number of ether oxygens (including phenoxy) is 1. The number of hydrogen-bond donors (Lipinski definition) is 1. The highest BCUT2D eigenvalue weighted by Crippen LogP contribution is 2.25. The summed E-state index contributed by atoms with van der Waals surface area (Å²) in [5.41, 5.74) is 3.76. The van der Waals surface area contributed by atoms with E-state index in [9.17, 15) is 8.42 Å². The Hall–Kier alpha value is -1.26. The van der Waals surface area contributed by atoms with E-state index in [1.165, 1.54) is 22.6 Å². The summed E-state index contributed by atoms with van der Waals surface area (Å²) in [7, 11) is -3.36. The first-order valence-electron chi connectivity index (χ1n) is 9.97. The van der Waals surface area contributed by atoms with Crippen molar-refractivity contribution in [3.63, 3.8) is 0 Å². The number of aryl methyl sites for hydroxylation is 1. The summed E-state index contributed by atoms with van der Waals surface area (Å²) in [6.45, 7) is 7.80. The Labute approximate surface area is 170 Å². The van der Waals surface area contributed by atoms with Crippen molar-refractivity contribution < 1.29 is 13.2 Å². The topological polar surface area (TPSA) is 76.5 Å². The van der Waals surface area contributed by atoms with Crippen molar-refractivity contribution in [2.24, 2.45) is 5.92 Å². The Bertz CT molecular complexity index is 885. The Morgan fingerprint density at radius 2 is 2.18 bits per heavy atom. The highest BCUT2D eigenvalue weighted by Gasteiger charge is 2.26. The van der Waals surface area contributed by atoms with Gasteiger partial charge in [-0.3, -0.25) is 9.58 Å². The van der Waals surface area contributed by atoms with E-state index in [0.29, 0.717) is 23.3 Å². The molecule has 0 aromatic carbocycles. The Morgan fingerprint density at radius 3 is 2.89 bits per heavy atom. The second-order valence-corrected chi connectivity index (χ2v) is 10.4. The van der Waals surface area contributed by atoms with Gasteiger partial charge in [0, 0.05) is 37.3 Å². The van der Waals surface area contributed by atoms with Crippen LogP contribution in [-0.2, 0) is 40.9 Å². The molecule has 1 saturated heterocycles. The van der Waals surface area contributed by atoms with Gasteiger partial charge in [0.2, 0.25) is 10.0 Å². The van der Waals surface area contributed by atoms with Crippen LogP contribution in [0.3, 0.4) is 0 Å². The van der Waals surface area contributed by atoms with Gasteiger partial charge < -0.3 is 4.74 Å². The molecule has 0 amide bonds. The summed E-state index contributed by atoms with van der Waals surface area (Å²) in [5, 5.41) is 6.61. The maximum Gasteiger partial charge on any atom is 0.250 e. The maximum absolute atomic E-state index is 12.3. The van der Waals surface area contributed by atoms with E-state index in [1.54, 1.807) is 17.5 Å². The number of nitrogens with zero attached hydrogens (tertiary/aromatic N) is 3. The zero-order valence-electron chi connectivity index (χ0n) is 16.3. The summed E-state index contributed by atoms with van der Waals surface area (Å²) in [4.78, 5) is 2.43. The number of aromatic nitrogens is 2. The van der Waals surface area contributed by atoms with E-state index >= 15 is 0 Å². The monoisotopic (exact) mass is 424 g/mol. The molecule has 28 heavy (non-hydrogen) atoms. The Kier molecular flexibility index (Phi) is 6.17. The second kappa shape index (κ2) is 8.62. The molecule has 2 aromatic rings. The van der Waals surface area contributed by atoms with Crippen LogP contribution < -0.4 is 4.72 Å². The zero-order chi connectivity index (χ0) is 19.6. The molecule has 2 aliphatic rings. The van der Waals surface area contributed by atoms with Crippen LogP contribution in [0, 0.1) is 5.92 Å². The van der Waals surface area contributed by atoms with Crippen molar-refractivity contribution in [3.05, 3.63) is 34.5 Å². The van der Waals surface area contributed by atoms with Crippen LogP contribution in [-0.4, -0.2) is 49.3 Å². The van der Waals surface area contributed by atoms with Crippen molar-refractivity contribution in [1.82, 2.24) is 19.4 Å². The van der Waals surface area contributed by atoms with Crippen LogP contribution in [0.4, 0.5) is 0 Å². The molecule has 0 radical (unpaired) electrons. The highest BCUT2D eigenvalue weighted by molar-refractivity contribution is 7.91. The number of fused-ring (bicyclic) bond motifs is 1. The second-order valence-electron chi connectivity index (χ2n) is 7.49. The third-order valence-corrected chi connectivity index (χ3v) is 8.50. The molecule has 2 aliphatic heterocycles. The third-order valence-electron chi connectivity index (χ3n) is 5.68. The van der Waals surface area contributed by atoms with Crippen LogP contribution in [0.15, 0.2) is 21.7 Å². The smallest absolute Gasteiger partial charge is 0.250 e. The first-order chi connectivity index (χ1) is 13.6. The standard InChI is InChI=1S/C19H28N4O3S2/c1-2-23-18-7-10-26-14-16(18)17(21-23)13-22-8-5-15(6-9-22)12-20-28(24,25)19-4-3-11-27-19/h3-4,11,15,20H,2,5-10,12-14H2,1H3. The number of sulfonamides is 1. The highest BCUT2D eigenvalue weighted by atomic mass is 32.2. The van der Waals surface area contributed by atoms with Crippen LogP contribution in [0.5, 0.6) is 0 Å². The van der Waals surface area contributed by atoms with Gasteiger partial charge >= 0.3 is 0 Å². The van der Waals surface area contributed by atoms with E-state index in [4.69, 9.17) is 9.84 Å². The van der Waals surface area contributed by atoms with Crippen molar-refractivity contribution >= 4 is 21.4 Å². The van der Waals surface area contributed by atoms with Gasteiger partial charge in [-0.2, -0.15) is 5.10 Å². The molecule has 1 N–H and O–H groups in total. The summed E-state index contributed by atoms with van der Waals surface area (Å²) in [5.74, 6) is 0.386. The predicted octanol–water partition coefficient (Wildman–Crippen LogP) is 2.23. The molecule has 4 rings (SSSR count). The normalized spacial score (nSPS) is 19.0. The molecule has 0 saturated carbocycles. The lowest BCUT2D eigenvalue weighted by molar-refractivity contribution is 0.107. The minimum Gasteiger partial charge on any atom is -0.376 e. The average molecular weight is 425 g/mol. The van der Waals surface area contributed by atoms with Crippen LogP contribution in [0.1, 0.15) is 36.7 Å². The molecule has 1 fully saturated rings. The van der Waals surface area contributed by atoms with Gasteiger partial charge in [-0.05, 0) is 50.2 Å². The molecule has 0 aliphatic carbocycles. The van der Waals surface area contributed by atoms with Gasteiger partial charge in [-0.25, -0.2) is 13.1 Å². The molecule has 0 bridgehead atoms. The molecule has 0 atom stereocenters. The predicted molar refractivity (Wildman–Crippen MR) is 109 cm³/mol. The average Bonchev–Trinajstić information content (AvgIpc) is 3.37. The number of likely N-dealkylation sites (tertiary alicyclic amines) is 1. The third kappa shape index (κ3) is 4.33. The van der Waals surface area contributed by atoms with E-state index < -0.39 is 10.0 Å². The van der Waals surface area contributed by atoms with Crippen LogP contribution >= 0.6 is 11.3 Å². The fraction of sp³-hybridized carbons (Fsp3) is 0.632. The number of thiophene rings is 1. The Balaban J connectivity index is 1.30. The van der Waals surface area contributed by atoms with Crippen molar-refractivity contribution in [2.75, 3.05) is 26.2 Å². The van der Waals surface area contributed by atoms with Gasteiger partial charge in [0.15, 0.2) is 0 Å². The summed E-state index contributed by atoms with van der Waals surface area (Å²) >= 11 is 1.26. The quantitative estimate of drug-likeness (QED) is 0.738. The van der Waals surface area contributed by atoms with E-state index in [2.05, 4.69) is 21.2 Å². The van der Waals surface area contributed by atoms with Crippen molar-refractivity contribution in [2.45, 2.75) is 50.1 Å². The summed E-state index contributed by atoms with van der Waals surface area (Å²) < 4.78 is 35.5. The zero-order valence-corrected chi connectivity index (χ0v) is 17.9. The lowest BCUT2D eigenvalue weighted by Gasteiger charge is -2.31. The Morgan fingerprint density at radius 1 is 1.36 bits per heavy atom. The summed E-state index contributed by atoms with van der Waals surface area (Å²) in [6, 6.07) is 3.41. The number of piperidine rings is 1. The summed E-state index contributed by atoms with van der Waals surface area (Å²) in [6.07, 6.45) is 2.95. The lowest BCUT2D eigenvalue weighted by atomic mass is 9.97. The molecular weight excluding hydrogens is 396 g/mol. The van der Waals surface area contributed by atoms with E-state index in [-0.39, 0.29) is 0 Å². The minimum atomic E-state index is -3.36. The molecule has 9 heteroatoms. The van der Waals surface area contributed by atoms with Gasteiger partial charge in [-0.15, -0.1) is 11.3 Å². The molecule has 4 heterocycles. The molecule has 0 unspecified atom stereocenters. The molecule has 0 spiro atoms. The molecular formula is C19H28N4O3S2. The SMILES string of the molecule is CCn1nc(CN2CCC(CNS(=O)(=O)c3cccs3)CC2)c2c1CCOC2. The molecule has 154 valence electrons. The van der Waals surface area contributed by atoms with Crippen LogP contribution in [0.2, 0.25) is 0 Å². The molecule has 2 aromatic heterocycles. The van der Waals surface area contributed by atoms with Crippen LogP contribution in [0.25, 0.3) is 0 Å². The minimum absolute atomic E-state index is 0.386. The number of hydrogen-bond acceptors (Lipinski definition) is 6. The van der Waals surface area contributed by atoms with E-state index in [1.807, 2.05) is 0 Å². The van der Waals surface area contributed by atoms with Gasteiger partial charge in [0.25, 0.3) is 0 Å². The van der Waals surface area contributed by atoms with Gasteiger partial charge in [0.05, 0.1) is 18.9 Å². The molecule has 7 nitrogen and oxygen atoms in total. The number of rotatable bonds is 7. The maximum atomic E-state index is 12.3. The fourth-order valence-corrected chi connectivity index (χ4v) is 6.20. The largest absolute Gasteiger partial charge is 0.376 e. The van der Waals surface area contributed by atoms with Gasteiger partial charge in [0.1, 0.15) is 4.21 Å². The first kappa shape index (κ1) is 20.0. The first-order valence-corrected chi connectivity index (χ1v) is 12.3. The fourth-order valence-electron chi connectivity index (χ4n) is 4.04. The number of nitrogens with one attached hydrogen (secondary N) is 1. The van der Waals surface area contributed by atoms with Gasteiger partial charge in [-0.1, -0.05) is 6.07 Å². The lowest BCUT2D eigenvalue weighted by Crippen LogP contribution is -2.38. The van der Waals surface area contributed by atoms with E-state index in [0.717, 1.165) is 57.7 Å².